The second kappa shape index (κ2) is 14.3. The van der Waals surface area contributed by atoms with E-state index in [0.29, 0.717) is 12.8 Å². The fraction of sp³-hybridized carbons (Fsp3) is 0.206. The Hall–Kier alpha value is -4.36. The quantitative estimate of drug-likeness (QED) is 0.123. The predicted molar refractivity (Wildman–Crippen MR) is 165 cm³/mol. The Bertz CT molecular complexity index is 1470. The van der Waals surface area contributed by atoms with Crippen molar-refractivity contribution in [2.75, 3.05) is 12.9 Å². The topological polar surface area (TPSA) is 69.0 Å². The summed E-state index contributed by atoms with van der Waals surface area (Å²) in [6.07, 6.45) is 2.84. The van der Waals surface area contributed by atoms with E-state index in [4.69, 9.17) is 4.74 Å². The molecule has 0 spiro atoms. The van der Waals surface area contributed by atoms with Crippen molar-refractivity contribution < 1.29 is 9.53 Å². The maximum Gasteiger partial charge on any atom is 0.220 e. The van der Waals surface area contributed by atoms with Crippen LogP contribution in [0.5, 0.6) is 5.75 Å². The number of methoxy groups -OCH3 is 1. The van der Waals surface area contributed by atoms with Crippen molar-refractivity contribution in [1.82, 2.24) is 20.1 Å². The summed E-state index contributed by atoms with van der Waals surface area (Å²) in [5.74, 6) is 2.59. The number of carbonyl (C=O) groups excluding carboxylic acids is 1. The molecule has 0 aliphatic heterocycles. The lowest BCUT2D eigenvalue weighted by Gasteiger charge is -2.20. The van der Waals surface area contributed by atoms with Crippen LogP contribution in [0.15, 0.2) is 120 Å². The molecule has 0 atom stereocenters. The molecule has 7 heteroatoms. The zero-order valence-corrected chi connectivity index (χ0v) is 24.0. The molecule has 1 N–H and O–H groups in total. The molecule has 0 fully saturated rings. The monoisotopic (exact) mass is 562 g/mol. The summed E-state index contributed by atoms with van der Waals surface area (Å²) in [6, 6.07) is 38.3. The van der Waals surface area contributed by atoms with E-state index >= 15 is 0 Å². The first-order valence-corrected chi connectivity index (χ1v) is 14.8. The van der Waals surface area contributed by atoms with Crippen LogP contribution >= 0.6 is 11.8 Å². The van der Waals surface area contributed by atoms with E-state index in [9.17, 15) is 4.79 Å². The Labute approximate surface area is 245 Å². The lowest BCUT2D eigenvalue weighted by molar-refractivity contribution is -0.121. The molecule has 208 valence electrons. The lowest BCUT2D eigenvalue weighted by atomic mass is 9.98. The van der Waals surface area contributed by atoms with E-state index < -0.39 is 0 Å². The van der Waals surface area contributed by atoms with E-state index in [2.05, 4.69) is 56.5 Å². The SMILES string of the molecule is COc1ccc(-n2c(Cc3ccccc3)nnc2SCCCCC(=O)NC(c2ccccc2)c2ccccc2)cc1. The van der Waals surface area contributed by atoms with Gasteiger partial charge in [0.05, 0.1) is 13.2 Å². The Balaban J connectivity index is 1.19. The number of amides is 1. The highest BCUT2D eigenvalue weighted by Crippen LogP contribution is 2.26. The van der Waals surface area contributed by atoms with Crippen molar-refractivity contribution in [3.63, 3.8) is 0 Å². The number of aromatic nitrogens is 3. The van der Waals surface area contributed by atoms with Crippen LogP contribution in [0.4, 0.5) is 0 Å². The first-order valence-electron chi connectivity index (χ1n) is 13.9. The summed E-state index contributed by atoms with van der Waals surface area (Å²) in [5.41, 5.74) is 4.33. The number of hydrogen-bond acceptors (Lipinski definition) is 5. The molecular weight excluding hydrogens is 528 g/mol. The van der Waals surface area contributed by atoms with Crippen LogP contribution in [0, 0.1) is 0 Å². The van der Waals surface area contributed by atoms with Crippen molar-refractivity contribution in [2.45, 2.75) is 36.9 Å². The first-order chi connectivity index (χ1) is 20.2. The molecule has 0 aliphatic rings. The van der Waals surface area contributed by atoms with E-state index in [1.807, 2.05) is 78.9 Å². The molecule has 0 bridgehead atoms. The molecule has 4 aromatic carbocycles. The molecule has 0 saturated carbocycles. The smallest absolute Gasteiger partial charge is 0.220 e. The van der Waals surface area contributed by atoms with Gasteiger partial charge in [-0.05, 0) is 53.8 Å². The summed E-state index contributed by atoms with van der Waals surface area (Å²) in [4.78, 5) is 12.9. The number of nitrogens with zero attached hydrogens (tertiary/aromatic N) is 3. The van der Waals surface area contributed by atoms with Gasteiger partial charge in [-0.1, -0.05) is 103 Å². The van der Waals surface area contributed by atoms with Gasteiger partial charge in [0.25, 0.3) is 0 Å². The van der Waals surface area contributed by atoms with Gasteiger partial charge in [0.15, 0.2) is 5.16 Å². The molecule has 5 aromatic rings. The predicted octanol–water partition coefficient (Wildman–Crippen LogP) is 7.03. The zero-order valence-electron chi connectivity index (χ0n) is 23.1. The summed E-state index contributed by atoms with van der Waals surface area (Å²) in [5, 5.41) is 13.2. The molecule has 0 saturated heterocycles. The molecule has 0 aliphatic carbocycles. The Morgan fingerprint density at radius 3 is 2.02 bits per heavy atom. The molecule has 1 heterocycles. The van der Waals surface area contributed by atoms with Gasteiger partial charge in [-0.15, -0.1) is 10.2 Å². The van der Waals surface area contributed by atoms with Crippen LogP contribution in [0.1, 0.15) is 47.8 Å². The Morgan fingerprint density at radius 1 is 0.805 bits per heavy atom. The second-order valence-electron chi connectivity index (χ2n) is 9.72. The molecule has 41 heavy (non-hydrogen) atoms. The van der Waals surface area contributed by atoms with Gasteiger partial charge < -0.3 is 10.1 Å². The lowest BCUT2D eigenvalue weighted by Crippen LogP contribution is -2.29. The summed E-state index contributed by atoms with van der Waals surface area (Å²) < 4.78 is 7.47. The zero-order chi connectivity index (χ0) is 28.3. The highest BCUT2D eigenvalue weighted by Gasteiger charge is 2.17. The largest absolute Gasteiger partial charge is 0.497 e. The van der Waals surface area contributed by atoms with Crippen LogP contribution in [0.25, 0.3) is 5.69 Å². The van der Waals surface area contributed by atoms with Crippen LogP contribution in [-0.4, -0.2) is 33.5 Å². The summed E-state index contributed by atoms with van der Waals surface area (Å²) in [6.45, 7) is 0. The molecular formula is C34H34N4O2S. The third-order valence-electron chi connectivity index (χ3n) is 6.84. The third kappa shape index (κ3) is 7.64. The van der Waals surface area contributed by atoms with Gasteiger partial charge in [-0.25, -0.2) is 0 Å². The Kier molecular flexibility index (Phi) is 9.84. The minimum Gasteiger partial charge on any atom is -0.497 e. The van der Waals surface area contributed by atoms with Gasteiger partial charge in [-0.3, -0.25) is 9.36 Å². The number of carbonyl (C=O) groups is 1. The normalized spacial score (nSPS) is 11.0. The van der Waals surface area contributed by atoms with Crippen molar-refractivity contribution >= 4 is 17.7 Å². The van der Waals surface area contributed by atoms with Crippen molar-refractivity contribution in [1.29, 1.82) is 0 Å². The number of ether oxygens (including phenoxy) is 1. The highest BCUT2D eigenvalue weighted by molar-refractivity contribution is 7.99. The van der Waals surface area contributed by atoms with Crippen LogP contribution in [0.3, 0.4) is 0 Å². The van der Waals surface area contributed by atoms with Crippen molar-refractivity contribution in [2.24, 2.45) is 0 Å². The number of unbranched alkanes of at least 4 members (excludes halogenated alkanes) is 1. The second-order valence-corrected chi connectivity index (χ2v) is 10.8. The van der Waals surface area contributed by atoms with Gasteiger partial charge in [-0.2, -0.15) is 0 Å². The number of hydrogen-bond donors (Lipinski definition) is 1. The first kappa shape index (κ1) is 28.2. The average Bonchev–Trinajstić information content (AvgIpc) is 3.43. The number of thioether (sulfide) groups is 1. The average molecular weight is 563 g/mol. The van der Waals surface area contributed by atoms with Gasteiger partial charge in [0.1, 0.15) is 11.6 Å². The molecule has 0 unspecified atom stereocenters. The van der Waals surface area contributed by atoms with Crippen LogP contribution in [0.2, 0.25) is 0 Å². The van der Waals surface area contributed by atoms with Crippen molar-refractivity contribution in [3.8, 4) is 11.4 Å². The third-order valence-corrected chi connectivity index (χ3v) is 7.85. The number of benzene rings is 4. The number of nitrogens with one attached hydrogen (secondary N) is 1. The Morgan fingerprint density at radius 2 is 1.41 bits per heavy atom. The van der Waals surface area contributed by atoms with Gasteiger partial charge >= 0.3 is 0 Å². The fourth-order valence-corrected chi connectivity index (χ4v) is 5.68. The maximum absolute atomic E-state index is 12.9. The summed E-state index contributed by atoms with van der Waals surface area (Å²) >= 11 is 1.67. The minimum absolute atomic E-state index is 0.0549. The standard InChI is InChI=1S/C34H34N4O2S/c1-40-30-22-20-29(21-23-30)38-31(25-26-13-5-2-6-14-26)36-37-34(38)41-24-12-11-19-32(39)35-33(27-15-7-3-8-16-27)28-17-9-4-10-18-28/h2-10,13-18,20-23,33H,11-12,19,24-25H2,1H3,(H,35,39). The molecule has 0 radical (unpaired) electrons. The number of rotatable bonds is 13. The van der Waals surface area contributed by atoms with E-state index in [1.54, 1.807) is 18.9 Å². The van der Waals surface area contributed by atoms with Crippen LogP contribution in [-0.2, 0) is 11.2 Å². The minimum atomic E-state index is -0.162. The van der Waals surface area contributed by atoms with Gasteiger partial charge in [0.2, 0.25) is 5.91 Å². The maximum atomic E-state index is 12.9. The van der Waals surface area contributed by atoms with E-state index in [0.717, 1.165) is 52.1 Å². The van der Waals surface area contributed by atoms with Crippen molar-refractivity contribution in [3.05, 3.63) is 138 Å². The van der Waals surface area contributed by atoms with Gasteiger partial charge in [0, 0.05) is 24.3 Å². The van der Waals surface area contributed by atoms with Crippen LogP contribution < -0.4 is 10.1 Å². The fourth-order valence-electron chi connectivity index (χ4n) is 4.71. The molecule has 5 rings (SSSR count). The molecule has 6 nitrogen and oxygen atoms in total. The summed E-state index contributed by atoms with van der Waals surface area (Å²) in [7, 11) is 1.67. The molecule has 1 aromatic heterocycles. The van der Waals surface area contributed by atoms with E-state index in [-0.39, 0.29) is 11.9 Å². The highest BCUT2D eigenvalue weighted by atomic mass is 32.2. The molecule has 1 amide bonds. The van der Waals surface area contributed by atoms with E-state index in [1.165, 1.54) is 5.56 Å².